The van der Waals surface area contributed by atoms with Gasteiger partial charge < -0.3 is 24.3 Å². The molecular weight excluding hydrogens is 470 g/mol. The fourth-order valence-electron chi connectivity index (χ4n) is 4.15. The molecule has 1 aliphatic heterocycles. The average Bonchev–Trinajstić information content (AvgIpc) is 2.88. The topological polar surface area (TPSA) is 76.0 Å². The molecule has 1 amide bonds. The Balaban J connectivity index is 1.44. The summed E-state index contributed by atoms with van der Waals surface area (Å²) in [5, 5.41) is 2.45. The molecule has 0 atom stereocenters. The van der Waals surface area contributed by atoms with Crippen LogP contribution in [0.3, 0.4) is 0 Å². The van der Waals surface area contributed by atoms with Crippen LogP contribution in [0.2, 0.25) is 0 Å². The summed E-state index contributed by atoms with van der Waals surface area (Å²) in [7, 11) is 3.02. The number of hydrogen-bond acceptors (Lipinski definition) is 6. The van der Waals surface area contributed by atoms with E-state index >= 15 is 0 Å². The van der Waals surface area contributed by atoms with E-state index in [1.54, 1.807) is 11.7 Å². The lowest BCUT2D eigenvalue weighted by molar-refractivity contribution is -0.116. The van der Waals surface area contributed by atoms with Crippen molar-refractivity contribution in [3.05, 3.63) is 82.3 Å². The lowest BCUT2D eigenvalue weighted by Crippen LogP contribution is -2.46. The molecule has 2 aromatic carbocycles. The van der Waals surface area contributed by atoms with Gasteiger partial charge in [-0.05, 0) is 36.4 Å². The number of hydrogen-bond donors (Lipinski definition) is 1. The Morgan fingerprint density at radius 3 is 2.33 bits per heavy atom. The molecule has 36 heavy (non-hydrogen) atoms. The summed E-state index contributed by atoms with van der Waals surface area (Å²) in [5.41, 5.74) is 1.34. The molecular formula is C26H28F2N4O4. The van der Waals surface area contributed by atoms with Crippen LogP contribution >= 0.6 is 0 Å². The number of benzene rings is 2. The average molecular weight is 499 g/mol. The maximum absolute atomic E-state index is 14.0. The number of ether oxygens (including phenoxy) is 2. The molecule has 0 spiro atoms. The molecule has 8 nitrogen and oxygen atoms in total. The first-order valence-electron chi connectivity index (χ1n) is 11.5. The lowest BCUT2D eigenvalue weighted by atomic mass is 10.2. The number of aromatic nitrogens is 1. The van der Waals surface area contributed by atoms with Gasteiger partial charge in [0.1, 0.15) is 23.9 Å². The predicted molar refractivity (Wildman–Crippen MR) is 133 cm³/mol. The number of carbonyl (C=O) groups excluding carboxylic acids is 1. The summed E-state index contributed by atoms with van der Waals surface area (Å²) in [6, 6.07) is 12.3. The second-order valence-corrected chi connectivity index (χ2v) is 8.46. The van der Waals surface area contributed by atoms with Gasteiger partial charge in [-0.1, -0.05) is 0 Å². The van der Waals surface area contributed by atoms with Crippen LogP contribution in [0.4, 0.5) is 20.2 Å². The standard InChI is InChI=1S/C26H28F2N4O4/c1-35-21-6-4-19(5-7-21)31-11-9-30(10-12-31)15-20-14-24(33)25(36-2)16-32(20)17-26(34)29-23-8-3-18(27)13-22(23)28/h3-8,13-14,16H,9-12,15,17H2,1-2H3,(H,29,34). The van der Waals surface area contributed by atoms with Gasteiger partial charge in [0.2, 0.25) is 11.3 Å². The minimum atomic E-state index is -0.865. The highest BCUT2D eigenvalue weighted by molar-refractivity contribution is 5.90. The van der Waals surface area contributed by atoms with Gasteiger partial charge >= 0.3 is 0 Å². The first kappa shape index (κ1) is 25.2. The second-order valence-electron chi connectivity index (χ2n) is 8.46. The van der Waals surface area contributed by atoms with Gasteiger partial charge in [-0.2, -0.15) is 0 Å². The highest BCUT2D eigenvalue weighted by Crippen LogP contribution is 2.21. The third-order valence-electron chi connectivity index (χ3n) is 6.12. The van der Waals surface area contributed by atoms with E-state index in [0.29, 0.717) is 18.3 Å². The van der Waals surface area contributed by atoms with E-state index in [-0.39, 0.29) is 23.4 Å². The van der Waals surface area contributed by atoms with E-state index in [2.05, 4.69) is 15.1 Å². The Labute approximate surface area is 207 Å². The molecule has 0 bridgehead atoms. The fourth-order valence-corrected chi connectivity index (χ4v) is 4.15. The number of rotatable bonds is 8. The zero-order chi connectivity index (χ0) is 25.7. The lowest BCUT2D eigenvalue weighted by Gasteiger charge is -2.36. The van der Waals surface area contributed by atoms with Crippen LogP contribution in [0.25, 0.3) is 0 Å². The van der Waals surface area contributed by atoms with E-state index in [0.717, 1.165) is 49.7 Å². The molecule has 0 radical (unpaired) electrons. The fraction of sp³-hybridized carbons (Fsp3) is 0.308. The minimum absolute atomic E-state index is 0.101. The van der Waals surface area contributed by atoms with Crippen molar-refractivity contribution in [2.24, 2.45) is 0 Å². The predicted octanol–water partition coefficient (Wildman–Crippen LogP) is 3.10. The summed E-state index contributed by atoms with van der Waals surface area (Å²) in [6.45, 7) is 3.41. The molecule has 2 heterocycles. The number of piperazine rings is 1. The Morgan fingerprint density at radius 1 is 0.972 bits per heavy atom. The Kier molecular flexibility index (Phi) is 7.84. The van der Waals surface area contributed by atoms with Crippen LogP contribution in [0.15, 0.2) is 59.5 Å². The minimum Gasteiger partial charge on any atom is -0.497 e. The molecule has 3 aromatic rings. The molecule has 190 valence electrons. The van der Waals surface area contributed by atoms with Crippen molar-refractivity contribution in [1.82, 2.24) is 9.47 Å². The van der Waals surface area contributed by atoms with Crippen LogP contribution in [0, 0.1) is 11.6 Å². The van der Waals surface area contributed by atoms with E-state index in [4.69, 9.17) is 9.47 Å². The van der Waals surface area contributed by atoms with Gasteiger partial charge in [0.05, 0.1) is 26.1 Å². The van der Waals surface area contributed by atoms with E-state index < -0.39 is 17.5 Å². The Bertz CT molecular complexity index is 1270. The van der Waals surface area contributed by atoms with Crippen molar-refractivity contribution in [1.29, 1.82) is 0 Å². The molecule has 4 rings (SSSR count). The van der Waals surface area contributed by atoms with Crippen molar-refractivity contribution in [3.8, 4) is 11.5 Å². The van der Waals surface area contributed by atoms with Crippen LogP contribution < -0.4 is 25.1 Å². The molecule has 1 saturated heterocycles. The van der Waals surface area contributed by atoms with Gasteiger partial charge in [0, 0.05) is 56.2 Å². The number of pyridine rings is 1. The van der Waals surface area contributed by atoms with Gasteiger partial charge in [-0.15, -0.1) is 0 Å². The molecule has 1 aromatic heterocycles. The summed E-state index contributed by atoms with van der Waals surface area (Å²) in [6.07, 6.45) is 1.48. The van der Waals surface area contributed by atoms with E-state index in [1.807, 2.05) is 24.3 Å². The van der Waals surface area contributed by atoms with Gasteiger partial charge in [0.15, 0.2) is 5.75 Å². The van der Waals surface area contributed by atoms with E-state index in [9.17, 15) is 18.4 Å². The van der Waals surface area contributed by atoms with Crippen LogP contribution in [-0.4, -0.2) is 55.8 Å². The summed E-state index contributed by atoms with van der Waals surface area (Å²) in [4.78, 5) is 29.6. The smallest absolute Gasteiger partial charge is 0.244 e. The molecule has 1 fully saturated rings. The van der Waals surface area contributed by atoms with E-state index in [1.165, 1.54) is 19.4 Å². The van der Waals surface area contributed by atoms with Crippen molar-refractivity contribution in [3.63, 3.8) is 0 Å². The molecule has 0 saturated carbocycles. The van der Waals surface area contributed by atoms with Gasteiger partial charge in [-0.3, -0.25) is 14.5 Å². The first-order valence-corrected chi connectivity index (χ1v) is 11.5. The number of anilines is 2. The number of amides is 1. The summed E-state index contributed by atoms with van der Waals surface area (Å²) < 4.78 is 39.1. The highest BCUT2D eigenvalue weighted by Gasteiger charge is 2.20. The normalized spacial score (nSPS) is 13.9. The molecule has 1 aliphatic rings. The van der Waals surface area contributed by atoms with Crippen LogP contribution in [0.5, 0.6) is 11.5 Å². The zero-order valence-electron chi connectivity index (χ0n) is 20.2. The van der Waals surface area contributed by atoms with Crippen LogP contribution in [0.1, 0.15) is 5.69 Å². The SMILES string of the molecule is COc1ccc(N2CCN(Cc3cc(=O)c(OC)cn3CC(=O)Nc3ccc(F)cc3F)CC2)cc1. The number of carbonyl (C=O) groups is 1. The second kappa shape index (κ2) is 11.2. The quantitative estimate of drug-likeness (QED) is 0.515. The monoisotopic (exact) mass is 498 g/mol. The number of nitrogens with one attached hydrogen (secondary N) is 1. The third-order valence-corrected chi connectivity index (χ3v) is 6.12. The third kappa shape index (κ3) is 6.01. The molecule has 0 unspecified atom stereocenters. The number of methoxy groups -OCH3 is 2. The Hall–Kier alpha value is -3.92. The Morgan fingerprint density at radius 2 is 1.69 bits per heavy atom. The summed E-state index contributed by atoms with van der Waals surface area (Å²) >= 11 is 0. The highest BCUT2D eigenvalue weighted by atomic mass is 19.1. The van der Waals surface area contributed by atoms with Gasteiger partial charge in [-0.25, -0.2) is 8.78 Å². The van der Waals surface area contributed by atoms with Crippen molar-refractivity contribution >= 4 is 17.3 Å². The molecule has 10 heteroatoms. The first-order chi connectivity index (χ1) is 17.4. The van der Waals surface area contributed by atoms with Crippen molar-refractivity contribution < 1.29 is 23.0 Å². The van der Waals surface area contributed by atoms with Gasteiger partial charge in [0.25, 0.3) is 0 Å². The number of halogens is 2. The molecule has 1 N–H and O–H groups in total. The van der Waals surface area contributed by atoms with Crippen LogP contribution in [-0.2, 0) is 17.9 Å². The van der Waals surface area contributed by atoms with Crippen molar-refractivity contribution in [2.45, 2.75) is 13.1 Å². The van der Waals surface area contributed by atoms with Crippen molar-refractivity contribution in [2.75, 3.05) is 50.6 Å². The maximum Gasteiger partial charge on any atom is 0.244 e. The maximum atomic E-state index is 14.0. The summed E-state index contributed by atoms with van der Waals surface area (Å²) in [5.74, 6) is -1.21. The zero-order valence-corrected chi connectivity index (χ0v) is 20.2. The number of nitrogens with zero attached hydrogens (tertiary/aromatic N) is 3. The molecule has 0 aliphatic carbocycles. The largest absolute Gasteiger partial charge is 0.497 e.